The van der Waals surface area contributed by atoms with Gasteiger partial charge in [-0.2, -0.15) is 5.10 Å². The smallest absolute Gasteiger partial charge is 0.0825 e. The van der Waals surface area contributed by atoms with Crippen molar-refractivity contribution in [3.63, 3.8) is 0 Å². The van der Waals surface area contributed by atoms with Crippen LogP contribution < -0.4 is 5.32 Å². The maximum atomic E-state index is 4.27. The minimum absolute atomic E-state index is 0.222. The van der Waals surface area contributed by atoms with Crippen molar-refractivity contribution in [1.82, 2.24) is 10.2 Å². The highest BCUT2D eigenvalue weighted by Crippen LogP contribution is 2.47. The van der Waals surface area contributed by atoms with Crippen LogP contribution in [0.2, 0.25) is 0 Å². The van der Waals surface area contributed by atoms with Gasteiger partial charge in [0.25, 0.3) is 0 Å². The average Bonchev–Trinajstić information content (AvgIpc) is 2.80. The second-order valence-electron chi connectivity index (χ2n) is 6.25. The Balaban J connectivity index is 2.00. The molecule has 1 unspecified atom stereocenters. The molecule has 0 spiro atoms. The molecule has 1 aromatic carbocycles. The number of nitrogens with one attached hydrogen (secondary N) is 2. The summed E-state index contributed by atoms with van der Waals surface area (Å²) in [6.07, 6.45) is 1.12. The Hall–Kier alpha value is -1.77. The van der Waals surface area contributed by atoms with E-state index in [0.29, 0.717) is 6.04 Å². The van der Waals surface area contributed by atoms with Crippen LogP contribution in [0, 0.1) is 19.3 Å². The van der Waals surface area contributed by atoms with Crippen LogP contribution in [-0.2, 0) is 6.42 Å². The van der Waals surface area contributed by atoms with Crippen LogP contribution in [-0.4, -0.2) is 10.2 Å². The van der Waals surface area contributed by atoms with Gasteiger partial charge in [-0.15, -0.1) is 0 Å². The first-order valence-corrected chi connectivity index (χ1v) is 6.85. The molecule has 100 valence electrons. The third-order valence-electron chi connectivity index (χ3n) is 4.21. The van der Waals surface area contributed by atoms with Gasteiger partial charge in [-0.25, -0.2) is 0 Å². The van der Waals surface area contributed by atoms with E-state index in [1.807, 2.05) is 6.92 Å². The number of aromatic amines is 1. The van der Waals surface area contributed by atoms with E-state index in [4.69, 9.17) is 0 Å². The summed E-state index contributed by atoms with van der Waals surface area (Å²) >= 11 is 0. The highest BCUT2D eigenvalue weighted by atomic mass is 15.2. The molecule has 0 radical (unpaired) electrons. The molecule has 0 aliphatic heterocycles. The summed E-state index contributed by atoms with van der Waals surface area (Å²) in [5.41, 5.74) is 6.40. The van der Waals surface area contributed by atoms with Crippen LogP contribution in [0.4, 0.5) is 5.69 Å². The number of fused-ring (bicyclic) bond motifs is 1. The molecule has 0 bridgehead atoms. The number of nitrogens with zero attached hydrogens (tertiary/aromatic N) is 1. The SMILES string of the molecule is Cc1n[nH]c(C)c1NC1c2ccccc2CC1(C)C. The van der Waals surface area contributed by atoms with Crippen LogP contribution in [0.15, 0.2) is 24.3 Å². The molecule has 1 aliphatic rings. The molecule has 3 nitrogen and oxygen atoms in total. The van der Waals surface area contributed by atoms with Gasteiger partial charge in [-0.1, -0.05) is 38.1 Å². The van der Waals surface area contributed by atoms with E-state index >= 15 is 0 Å². The number of hydrogen-bond acceptors (Lipinski definition) is 2. The van der Waals surface area contributed by atoms with E-state index in [1.54, 1.807) is 0 Å². The Kier molecular flexibility index (Phi) is 2.66. The zero-order valence-electron chi connectivity index (χ0n) is 12.0. The molecule has 3 heteroatoms. The molecule has 0 fully saturated rings. The maximum Gasteiger partial charge on any atom is 0.0825 e. The first-order chi connectivity index (χ1) is 8.99. The lowest BCUT2D eigenvalue weighted by atomic mass is 9.85. The van der Waals surface area contributed by atoms with E-state index in [2.05, 4.69) is 60.6 Å². The Morgan fingerprint density at radius 2 is 2.00 bits per heavy atom. The van der Waals surface area contributed by atoms with Gasteiger partial charge in [0.05, 0.1) is 23.1 Å². The predicted octanol–water partition coefficient (Wildman–Crippen LogP) is 3.76. The number of aromatic nitrogens is 2. The Morgan fingerprint density at radius 3 is 2.68 bits per heavy atom. The lowest BCUT2D eigenvalue weighted by molar-refractivity contribution is 0.337. The van der Waals surface area contributed by atoms with Gasteiger partial charge in [0.15, 0.2) is 0 Å². The molecule has 1 heterocycles. The van der Waals surface area contributed by atoms with Gasteiger partial charge in [0, 0.05) is 0 Å². The standard InChI is InChI=1S/C16H21N3/c1-10-14(11(2)19-18-10)17-15-13-8-6-5-7-12(13)9-16(15,3)4/h5-8,15,17H,9H2,1-4H3,(H,18,19). The maximum absolute atomic E-state index is 4.27. The first-order valence-electron chi connectivity index (χ1n) is 6.85. The third kappa shape index (κ3) is 1.93. The van der Waals surface area contributed by atoms with Crippen molar-refractivity contribution < 1.29 is 0 Å². The quantitative estimate of drug-likeness (QED) is 0.857. The largest absolute Gasteiger partial charge is 0.375 e. The molecule has 2 N–H and O–H groups in total. The number of benzene rings is 1. The average molecular weight is 255 g/mol. The lowest BCUT2D eigenvalue weighted by Gasteiger charge is -2.29. The summed E-state index contributed by atoms with van der Waals surface area (Å²) in [7, 11) is 0. The van der Waals surface area contributed by atoms with Crippen molar-refractivity contribution >= 4 is 5.69 Å². The Bertz CT molecular complexity index is 591. The molecule has 1 aromatic heterocycles. The molecule has 2 aromatic rings. The molecule has 19 heavy (non-hydrogen) atoms. The van der Waals surface area contributed by atoms with Crippen LogP contribution in [0.5, 0.6) is 0 Å². The van der Waals surface area contributed by atoms with Crippen molar-refractivity contribution in [2.45, 2.75) is 40.2 Å². The van der Waals surface area contributed by atoms with E-state index in [0.717, 1.165) is 23.5 Å². The summed E-state index contributed by atoms with van der Waals surface area (Å²) in [6.45, 7) is 8.76. The van der Waals surface area contributed by atoms with E-state index in [1.165, 1.54) is 11.1 Å². The minimum atomic E-state index is 0.222. The Morgan fingerprint density at radius 1 is 1.26 bits per heavy atom. The number of H-pyrrole nitrogens is 1. The molecule has 0 saturated carbocycles. The molecular formula is C16H21N3. The van der Waals surface area contributed by atoms with E-state index in [-0.39, 0.29) is 5.41 Å². The molecule has 3 rings (SSSR count). The molecule has 0 saturated heterocycles. The summed E-state index contributed by atoms with van der Waals surface area (Å²) in [4.78, 5) is 0. The molecular weight excluding hydrogens is 234 g/mol. The van der Waals surface area contributed by atoms with Crippen molar-refractivity contribution in [2.24, 2.45) is 5.41 Å². The van der Waals surface area contributed by atoms with Crippen molar-refractivity contribution in [3.8, 4) is 0 Å². The van der Waals surface area contributed by atoms with Crippen molar-refractivity contribution in [1.29, 1.82) is 0 Å². The van der Waals surface area contributed by atoms with E-state index < -0.39 is 0 Å². The van der Waals surface area contributed by atoms with Gasteiger partial charge in [0.1, 0.15) is 0 Å². The summed E-state index contributed by atoms with van der Waals surface area (Å²) in [5, 5.41) is 11.0. The molecule has 1 atom stereocenters. The van der Waals surface area contributed by atoms with E-state index in [9.17, 15) is 0 Å². The number of aryl methyl sites for hydroxylation is 2. The van der Waals surface area contributed by atoms with Crippen LogP contribution in [0.1, 0.15) is 42.4 Å². The fourth-order valence-electron chi connectivity index (χ4n) is 3.17. The number of rotatable bonds is 2. The summed E-state index contributed by atoms with van der Waals surface area (Å²) < 4.78 is 0. The fourth-order valence-corrected chi connectivity index (χ4v) is 3.17. The lowest BCUT2D eigenvalue weighted by Crippen LogP contribution is -2.24. The normalized spacial score (nSPS) is 20.3. The van der Waals surface area contributed by atoms with Gasteiger partial charge in [-0.3, -0.25) is 5.10 Å². The first kappa shape index (κ1) is 12.3. The van der Waals surface area contributed by atoms with Crippen LogP contribution >= 0.6 is 0 Å². The second-order valence-corrected chi connectivity index (χ2v) is 6.25. The van der Waals surface area contributed by atoms with Gasteiger partial charge in [-0.05, 0) is 36.8 Å². The highest BCUT2D eigenvalue weighted by Gasteiger charge is 2.39. The van der Waals surface area contributed by atoms with Crippen molar-refractivity contribution in [2.75, 3.05) is 5.32 Å². The fraction of sp³-hybridized carbons (Fsp3) is 0.438. The predicted molar refractivity (Wildman–Crippen MR) is 78.4 cm³/mol. The summed E-state index contributed by atoms with van der Waals surface area (Å²) in [5.74, 6) is 0. The van der Waals surface area contributed by atoms with Gasteiger partial charge < -0.3 is 5.32 Å². The monoisotopic (exact) mass is 255 g/mol. The van der Waals surface area contributed by atoms with Gasteiger partial charge in [0.2, 0.25) is 0 Å². The minimum Gasteiger partial charge on any atom is -0.375 e. The molecule has 1 aliphatic carbocycles. The number of hydrogen-bond donors (Lipinski definition) is 2. The second kappa shape index (κ2) is 4.12. The topological polar surface area (TPSA) is 40.7 Å². The zero-order valence-corrected chi connectivity index (χ0v) is 12.0. The Labute approximate surface area is 114 Å². The van der Waals surface area contributed by atoms with Crippen molar-refractivity contribution in [3.05, 3.63) is 46.8 Å². The molecule has 0 amide bonds. The highest BCUT2D eigenvalue weighted by molar-refractivity contribution is 5.55. The number of anilines is 1. The third-order valence-corrected chi connectivity index (χ3v) is 4.21. The zero-order chi connectivity index (χ0) is 13.6. The van der Waals surface area contributed by atoms with Crippen LogP contribution in [0.3, 0.4) is 0 Å². The van der Waals surface area contributed by atoms with Crippen LogP contribution in [0.25, 0.3) is 0 Å². The van der Waals surface area contributed by atoms with Gasteiger partial charge >= 0.3 is 0 Å². The summed E-state index contributed by atoms with van der Waals surface area (Å²) in [6, 6.07) is 9.09.